The molecule has 0 unspecified atom stereocenters. The Morgan fingerprint density at radius 2 is 2.05 bits per heavy atom. The molecule has 0 atom stereocenters. The van der Waals surface area contributed by atoms with Crippen molar-refractivity contribution in [1.29, 1.82) is 0 Å². The molecule has 1 aromatic carbocycles. The number of esters is 1. The molecule has 0 spiro atoms. The van der Waals surface area contributed by atoms with E-state index in [4.69, 9.17) is 23.2 Å². The van der Waals surface area contributed by atoms with Crippen LogP contribution in [0.5, 0.6) is 0 Å². The third-order valence-electron chi connectivity index (χ3n) is 2.45. The maximum Gasteiger partial charge on any atom is 0.337 e. The van der Waals surface area contributed by atoms with Crippen LogP contribution in [0.3, 0.4) is 0 Å². The van der Waals surface area contributed by atoms with Crippen LogP contribution >= 0.6 is 23.2 Å². The van der Waals surface area contributed by atoms with E-state index in [1.54, 1.807) is 0 Å². The molecule has 0 saturated carbocycles. The normalized spacial score (nSPS) is 11.2. The molecule has 0 bridgehead atoms. The average molecular weight is 340 g/mol. The van der Waals surface area contributed by atoms with E-state index in [1.807, 2.05) is 0 Å². The van der Waals surface area contributed by atoms with Crippen molar-refractivity contribution in [2.45, 2.75) is 12.8 Å². The summed E-state index contributed by atoms with van der Waals surface area (Å²) in [6.45, 7) is 0. The van der Waals surface area contributed by atoms with Crippen LogP contribution in [0, 0.1) is 0 Å². The van der Waals surface area contributed by atoms with Crippen molar-refractivity contribution in [3.63, 3.8) is 0 Å². The molecule has 0 aliphatic heterocycles. The molecule has 0 heterocycles. The lowest BCUT2D eigenvalue weighted by molar-refractivity contribution is 0.0601. The number of rotatable bonds is 7. The zero-order valence-corrected chi connectivity index (χ0v) is 13.2. The number of hydrogen-bond donors (Lipinski definition) is 1. The zero-order valence-electron chi connectivity index (χ0n) is 10.9. The first-order valence-electron chi connectivity index (χ1n) is 5.84. The Morgan fingerprint density at radius 1 is 1.35 bits per heavy atom. The number of unbranched alkanes of at least 4 members (excludes halogenated alkanes) is 1. The number of sulfonamides is 1. The number of nitrogens with one attached hydrogen (secondary N) is 1. The Bertz CT molecular complexity index is 575. The molecule has 1 aromatic rings. The Labute approximate surface area is 128 Å². The number of ether oxygens (including phenoxy) is 1. The lowest BCUT2D eigenvalue weighted by Crippen LogP contribution is -2.17. The molecule has 112 valence electrons. The number of hydrogen-bond acceptors (Lipinski definition) is 4. The van der Waals surface area contributed by atoms with Gasteiger partial charge in [0.15, 0.2) is 0 Å². The monoisotopic (exact) mass is 339 g/mol. The molecular weight excluding hydrogens is 325 g/mol. The molecule has 0 radical (unpaired) electrons. The Balaban J connectivity index is 2.88. The van der Waals surface area contributed by atoms with Crippen LogP contribution in [0.4, 0.5) is 5.69 Å². The standard InChI is InChI=1S/C12H15Cl2NO4S/c1-19-12(16)9-4-5-10(14)11(8-9)15-20(17,18)7-3-2-6-13/h4-5,8,15H,2-3,6-7H2,1H3. The Kier molecular flexibility index (Phi) is 6.58. The summed E-state index contributed by atoms with van der Waals surface area (Å²) in [6, 6.07) is 4.23. The minimum absolute atomic E-state index is 0.0570. The summed E-state index contributed by atoms with van der Waals surface area (Å²) < 4.78 is 30.6. The lowest BCUT2D eigenvalue weighted by atomic mass is 10.2. The van der Waals surface area contributed by atoms with Gasteiger partial charge in [-0.1, -0.05) is 11.6 Å². The SMILES string of the molecule is COC(=O)c1ccc(Cl)c(NS(=O)(=O)CCCCCl)c1. The minimum Gasteiger partial charge on any atom is -0.465 e. The molecule has 0 aliphatic rings. The molecule has 0 amide bonds. The number of methoxy groups -OCH3 is 1. The molecule has 0 aliphatic carbocycles. The molecule has 0 fully saturated rings. The molecule has 5 nitrogen and oxygen atoms in total. The fourth-order valence-corrected chi connectivity index (χ4v) is 3.05. The van der Waals surface area contributed by atoms with Gasteiger partial charge in [0.25, 0.3) is 0 Å². The van der Waals surface area contributed by atoms with Gasteiger partial charge in [-0.25, -0.2) is 13.2 Å². The minimum atomic E-state index is -3.52. The topological polar surface area (TPSA) is 72.5 Å². The molecular formula is C12H15Cl2NO4S. The summed E-state index contributed by atoms with van der Waals surface area (Å²) in [6.07, 6.45) is 1.06. The van der Waals surface area contributed by atoms with Crippen molar-refractivity contribution in [3.8, 4) is 0 Å². The van der Waals surface area contributed by atoms with Crippen molar-refractivity contribution in [3.05, 3.63) is 28.8 Å². The van der Waals surface area contributed by atoms with Gasteiger partial charge in [0.2, 0.25) is 10.0 Å². The lowest BCUT2D eigenvalue weighted by Gasteiger charge is -2.10. The highest BCUT2D eigenvalue weighted by Gasteiger charge is 2.14. The third-order valence-corrected chi connectivity index (χ3v) is 4.40. The summed E-state index contributed by atoms with van der Waals surface area (Å²) in [5.41, 5.74) is 0.371. The van der Waals surface area contributed by atoms with Crippen LogP contribution in [-0.2, 0) is 14.8 Å². The van der Waals surface area contributed by atoms with E-state index in [-0.39, 0.29) is 22.0 Å². The molecule has 1 rings (SSSR count). The smallest absolute Gasteiger partial charge is 0.337 e. The van der Waals surface area contributed by atoms with Gasteiger partial charge in [-0.2, -0.15) is 0 Å². The second-order valence-corrected chi connectivity index (χ2v) is 6.63. The van der Waals surface area contributed by atoms with Crippen molar-refractivity contribution < 1.29 is 17.9 Å². The number of anilines is 1. The predicted molar refractivity (Wildman–Crippen MR) is 80.2 cm³/mol. The van der Waals surface area contributed by atoms with Crippen LogP contribution in [0.2, 0.25) is 5.02 Å². The molecule has 0 saturated heterocycles. The highest BCUT2D eigenvalue weighted by atomic mass is 35.5. The van der Waals surface area contributed by atoms with Gasteiger partial charge in [-0.15, -0.1) is 11.6 Å². The number of carbonyl (C=O) groups excluding carboxylic acids is 1. The van der Waals surface area contributed by atoms with Gasteiger partial charge in [-0.05, 0) is 31.0 Å². The van der Waals surface area contributed by atoms with E-state index in [0.717, 1.165) is 0 Å². The molecule has 0 aromatic heterocycles. The number of alkyl halides is 1. The van der Waals surface area contributed by atoms with E-state index < -0.39 is 16.0 Å². The quantitative estimate of drug-likeness (QED) is 0.471. The summed E-state index contributed by atoms with van der Waals surface area (Å²) >= 11 is 11.4. The van der Waals surface area contributed by atoms with Crippen LogP contribution in [0.25, 0.3) is 0 Å². The van der Waals surface area contributed by atoms with Crippen molar-refractivity contribution >= 4 is 44.9 Å². The second-order valence-electron chi connectivity index (χ2n) is 4.00. The maximum absolute atomic E-state index is 11.8. The third kappa shape index (κ3) is 5.19. The number of benzene rings is 1. The first kappa shape index (κ1) is 17.1. The van der Waals surface area contributed by atoms with Crippen LogP contribution < -0.4 is 4.72 Å². The summed E-state index contributed by atoms with van der Waals surface area (Å²) in [5.74, 6) is -0.212. The average Bonchev–Trinajstić information content (AvgIpc) is 2.40. The Hall–Kier alpha value is -0.980. The van der Waals surface area contributed by atoms with E-state index in [2.05, 4.69) is 9.46 Å². The molecule has 1 N–H and O–H groups in total. The first-order chi connectivity index (χ1) is 9.39. The fraction of sp³-hybridized carbons (Fsp3) is 0.417. The fourth-order valence-electron chi connectivity index (χ4n) is 1.45. The van der Waals surface area contributed by atoms with Gasteiger partial charge < -0.3 is 4.74 Å². The largest absolute Gasteiger partial charge is 0.465 e. The number of halogens is 2. The number of carbonyl (C=O) groups is 1. The van der Waals surface area contributed by atoms with E-state index in [9.17, 15) is 13.2 Å². The summed E-state index contributed by atoms with van der Waals surface area (Å²) in [4.78, 5) is 11.4. The van der Waals surface area contributed by atoms with E-state index in [0.29, 0.717) is 18.7 Å². The highest BCUT2D eigenvalue weighted by Crippen LogP contribution is 2.24. The van der Waals surface area contributed by atoms with Crippen molar-refractivity contribution in [1.82, 2.24) is 0 Å². The highest BCUT2D eigenvalue weighted by molar-refractivity contribution is 7.92. The van der Waals surface area contributed by atoms with E-state index in [1.165, 1.54) is 25.3 Å². The molecule has 8 heteroatoms. The van der Waals surface area contributed by atoms with Crippen molar-refractivity contribution in [2.24, 2.45) is 0 Å². The van der Waals surface area contributed by atoms with Crippen molar-refractivity contribution in [2.75, 3.05) is 23.5 Å². The van der Waals surface area contributed by atoms with Crippen LogP contribution in [-0.4, -0.2) is 33.1 Å². The second kappa shape index (κ2) is 7.71. The van der Waals surface area contributed by atoms with Gasteiger partial charge in [0.05, 0.1) is 29.1 Å². The summed E-state index contributed by atoms with van der Waals surface area (Å²) in [5, 5.41) is 0.207. The van der Waals surface area contributed by atoms with E-state index >= 15 is 0 Å². The van der Waals surface area contributed by atoms with Crippen LogP contribution in [0.15, 0.2) is 18.2 Å². The van der Waals surface area contributed by atoms with Gasteiger partial charge >= 0.3 is 5.97 Å². The summed E-state index contributed by atoms with van der Waals surface area (Å²) in [7, 11) is -2.28. The first-order valence-corrected chi connectivity index (χ1v) is 8.40. The van der Waals surface area contributed by atoms with Crippen LogP contribution in [0.1, 0.15) is 23.2 Å². The zero-order chi connectivity index (χ0) is 15.2. The van der Waals surface area contributed by atoms with Gasteiger partial charge in [0.1, 0.15) is 0 Å². The maximum atomic E-state index is 11.8. The Morgan fingerprint density at radius 3 is 2.65 bits per heavy atom. The van der Waals surface area contributed by atoms with Gasteiger partial charge in [-0.3, -0.25) is 4.72 Å². The van der Waals surface area contributed by atoms with Gasteiger partial charge in [0, 0.05) is 5.88 Å². The predicted octanol–water partition coefficient (Wildman–Crippen LogP) is 2.89. The molecule has 20 heavy (non-hydrogen) atoms.